The number of amides is 2. The molecule has 2 aliphatic heterocycles. The van der Waals surface area contributed by atoms with E-state index in [9.17, 15) is 4.79 Å². The summed E-state index contributed by atoms with van der Waals surface area (Å²) in [6.45, 7) is 7.91. The molecule has 2 saturated heterocycles. The first-order valence-electron chi connectivity index (χ1n) is 7.06. The van der Waals surface area contributed by atoms with Crippen LogP contribution in [0.5, 0.6) is 0 Å². The van der Waals surface area contributed by atoms with Crippen LogP contribution in [-0.2, 0) is 0 Å². The first kappa shape index (κ1) is 13.0. The predicted octanol–water partition coefficient (Wildman–Crippen LogP) is 0.431. The van der Waals surface area contributed by atoms with Gasteiger partial charge in [0.05, 0.1) is 6.04 Å². The largest absolute Gasteiger partial charge is 0.354 e. The summed E-state index contributed by atoms with van der Waals surface area (Å²) in [6.07, 6.45) is 0. The zero-order valence-corrected chi connectivity index (χ0v) is 11.9. The molecular formula is C13H20N6O. The van der Waals surface area contributed by atoms with E-state index >= 15 is 0 Å². The van der Waals surface area contributed by atoms with Gasteiger partial charge < -0.3 is 20.4 Å². The summed E-state index contributed by atoms with van der Waals surface area (Å²) in [7, 11) is 0. The van der Waals surface area contributed by atoms with E-state index in [0.717, 1.165) is 44.2 Å². The predicted molar refractivity (Wildman–Crippen MR) is 77.0 cm³/mol. The second-order valence-electron chi connectivity index (χ2n) is 5.20. The van der Waals surface area contributed by atoms with Crippen molar-refractivity contribution in [1.29, 1.82) is 0 Å². The van der Waals surface area contributed by atoms with Crippen molar-refractivity contribution in [1.82, 2.24) is 20.2 Å². The first-order chi connectivity index (χ1) is 9.67. The zero-order valence-electron chi connectivity index (χ0n) is 11.9. The Morgan fingerprint density at radius 2 is 2.30 bits per heavy atom. The summed E-state index contributed by atoms with van der Waals surface area (Å²) in [5.41, 5.74) is 0.953. The fraction of sp³-hybridized carbons (Fsp3) is 0.615. The summed E-state index contributed by atoms with van der Waals surface area (Å²) in [5.74, 6) is 1.61. The number of hydrogen-bond donors (Lipinski definition) is 2. The van der Waals surface area contributed by atoms with Crippen molar-refractivity contribution >= 4 is 17.8 Å². The standard InChI is InChI=1S/C13H20N6O/c1-3-14-12-16-9(2)6-11(17-12)18-4-5-19-10(8-18)7-15-13(19)20/h6,10H,3-5,7-8H2,1-2H3,(H,15,20)(H,14,16,17). The van der Waals surface area contributed by atoms with E-state index in [1.54, 1.807) is 0 Å². The molecule has 2 amide bonds. The van der Waals surface area contributed by atoms with E-state index in [1.807, 2.05) is 24.8 Å². The molecule has 2 N–H and O–H groups in total. The Labute approximate surface area is 118 Å². The molecule has 0 aromatic carbocycles. The minimum atomic E-state index is 0.0573. The summed E-state index contributed by atoms with van der Waals surface area (Å²) in [5, 5.41) is 6.05. The lowest BCUT2D eigenvalue weighted by Crippen LogP contribution is -2.52. The van der Waals surface area contributed by atoms with Gasteiger partial charge in [-0.3, -0.25) is 0 Å². The molecule has 0 saturated carbocycles. The molecule has 1 atom stereocenters. The number of anilines is 2. The van der Waals surface area contributed by atoms with Crippen LogP contribution in [-0.4, -0.2) is 59.7 Å². The number of urea groups is 1. The van der Waals surface area contributed by atoms with E-state index < -0.39 is 0 Å². The third kappa shape index (κ3) is 2.35. The van der Waals surface area contributed by atoms with Crippen LogP contribution in [0.1, 0.15) is 12.6 Å². The number of nitrogens with one attached hydrogen (secondary N) is 2. The zero-order chi connectivity index (χ0) is 14.1. The highest BCUT2D eigenvalue weighted by atomic mass is 16.2. The second kappa shape index (κ2) is 5.15. The molecule has 7 heteroatoms. The van der Waals surface area contributed by atoms with E-state index in [2.05, 4.69) is 25.5 Å². The minimum absolute atomic E-state index is 0.0573. The minimum Gasteiger partial charge on any atom is -0.354 e. The van der Waals surface area contributed by atoms with Gasteiger partial charge in [-0.2, -0.15) is 4.98 Å². The molecule has 0 bridgehead atoms. The summed E-state index contributed by atoms with van der Waals surface area (Å²) in [6, 6.07) is 2.30. The molecular weight excluding hydrogens is 256 g/mol. The van der Waals surface area contributed by atoms with Gasteiger partial charge in [0.15, 0.2) is 0 Å². The lowest BCUT2D eigenvalue weighted by molar-refractivity contribution is 0.197. The summed E-state index contributed by atoms with van der Waals surface area (Å²) < 4.78 is 0. The molecule has 0 radical (unpaired) electrons. The van der Waals surface area contributed by atoms with Gasteiger partial charge in [-0.1, -0.05) is 0 Å². The van der Waals surface area contributed by atoms with E-state index in [1.165, 1.54) is 0 Å². The van der Waals surface area contributed by atoms with Crippen molar-refractivity contribution in [3.8, 4) is 0 Å². The van der Waals surface area contributed by atoms with Crippen LogP contribution in [0, 0.1) is 6.92 Å². The van der Waals surface area contributed by atoms with E-state index in [-0.39, 0.29) is 12.1 Å². The molecule has 3 rings (SSSR count). The Balaban J connectivity index is 1.78. The number of hydrogen-bond acceptors (Lipinski definition) is 5. The number of carbonyl (C=O) groups is 1. The van der Waals surface area contributed by atoms with Gasteiger partial charge in [-0.25, -0.2) is 9.78 Å². The van der Waals surface area contributed by atoms with Gasteiger partial charge in [0.2, 0.25) is 5.95 Å². The lowest BCUT2D eigenvalue weighted by atomic mass is 10.2. The van der Waals surface area contributed by atoms with Crippen molar-refractivity contribution in [3.63, 3.8) is 0 Å². The fourth-order valence-corrected chi connectivity index (χ4v) is 2.76. The number of aromatic nitrogens is 2. The van der Waals surface area contributed by atoms with Crippen LogP contribution < -0.4 is 15.5 Å². The molecule has 20 heavy (non-hydrogen) atoms. The number of aryl methyl sites for hydroxylation is 1. The molecule has 1 unspecified atom stereocenters. The van der Waals surface area contributed by atoms with Crippen molar-refractivity contribution in [3.05, 3.63) is 11.8 Å². The topological polar surface area (TPSA) is 73.4 Å². The van der Waals surface area contributed by atoms with Crippen molar-refractivity contribution < 1.29 is 4.79 Å². The third-order valence-electron chi connectivity index (χ3n) is 3.73. The van der Waals surface area contributed by atoms with Crippen LogP contribution in [0.3, 0.4) is 0 Å². The molecule has 0 aliphatic carbocycles. The number of fused-ring (bicyclic) bond motifs is 1. The van der Waals surface area contributed by atoms with Crippen LogP contribution in [0.25, 0.3) is 0 Å². The molecule has 0 spiro atoms. The van der Waals surface area contributed by atoms with E-state index in [0.29, 0.717) is 5.95 Å². The fourth-order valence-electron chi connectivity index (χ4n) is 2.76. The molecule has 2 fully saturated rings. The molecule has 1 aromatic rings. The number of rotatable bonds is 3. The Morgan fingerprint density at radius 3 is 3.10 bits per heavy atom. The molecule has 1 aromatic heterocycles. The van der Waals surface area contributed by atoms with Crippen molar-refractivity contribution in [2.75, 3.05) is 42.9 Å². The smallest absolute Gasteiger partial charge is 0.317 e. The van der Waals surface area contributed by atoms with Gasteiger partial charge >= 0.3 is 6.03 Å². The molecule has 2 aliphatic rings. The van der Waals surface area contributed by atoms with Crippen LogP contribution >= 0.6 is 0 Å². The van der Waals surface area contributed by atoms with Gasteiger partial charge in [0.25, 0.3) is 0 Å². The number of carbonyl (C=O) groups excluding carboxylic acids is 1. The highest BCUT2D eigenvalue weighted by Crippen LogP contribution is 2.21. The highest BCUT2D eigenvalue weighted by Gasteiger charge is 2.35. The van der Waals surface area contributed by atoms with Gasteiger partial charge in [-0.05, 0) is 13.8 Å². The Morgan fingerprint density at radius 1 is 1.45 bits per heavy atom. The van der Waals surface area contributed by atoms with Crippen molar-refractivity contribution in [2.45, 2.75) is 19.9 Å². The Bertz CT molecular complexity index is 520. The normalized spacial score (nSPS) is 21.7. The second-order valence-corrected chi connectivity index (χ2v) is 5.20. The molecule has 7 nitrogen and oxygen atoms in total. The highest BCUT2D eigenvalue weighted by molar-refractivity contribution is 5.77. The van der Waals surface area contributed by atoms with Crippen LogP contribution in [0.15, 0.2) is 6.07 Å². The summed E-state index contributed by atoms with van der Waals surface area (Å²) in [4.78, 5) is 24.7. The lowest BCUT2D eigenvalue weighted by Gasteiger charge is -2.37. The Kier molecular flexibility index (Phi) is 3.33. The Hall–Kier alpha value is -2.05. The molecule has 108 valence electrons. The molecule has 3 heterocycles. The summed E-state index contributed by atoms with van der Waals surface area (Å²) >= 11 is 0. The average molecular weight is 276 g/mol. The van der Waals surface area contributed by atoms with Gasteiger partial charge in [0.1, 0.15) is 5.82 Å². The van der Waals surface area contributed by atoms with Gasteiger partial charge in [-0.15, -0.1) is 0 Å². The number of nitrogens with zero attached hydrogens (tertiary/aromatic N) is 4. The third-order valence-corrected chi connectivity index (χ3v) is 3.73. The van der Waals surface area contributed by atoms with Crippen LogP contribution in [0.4, 0.5) is 16.6 Å². The average Bonchev–Trinajstić information content (AvgIpc) is 2.80. The number of piperazine rings is 1. The monoisotopic (exact) mass is 276 g/mol. The SMILES string of the molecule is CCNc1nc(C)cc(N2CCN3C(=O)NCC3C2)n1. The van der Waals surface area contributed by atoms with Gasteiger partial charge in [0, 0.05) is 44.5 Å². The maximum absolute atomic E-state index is 11.6. The maximum atomic E-state index is 11.6. The van der Waals surface area contributed by atoms with E-state index in [4.69, 9.17) is 0 Å². The quantitative estimate of drug-likeness (QED) is 0.837. The van der Waals surface area contributed by atoms with Crippen molar-refractivity contribution in [2.24, 2.45) is 0 Å². The van der Waals surface area contributed by atoms with Crippen LogP contribution in [0.2, 0.25) is 0 Å². The maximum Gasteiger partial charge on any atom is 0.317 e. The first-order valence-corrected chi connectivity index (χ1v) is 7.06.